The number of fused-ring (bicyclic) bond motifs is 1. The van der Waals surface area contributed by atoms with Gasteiger partial charge in [-0.3, -0.25) is 9.88 Å². The molecule has 1 N–H and O–H groups in total. The summed E-state index contributed by atoms with van der Waals surface area (Å²) in [5.74, 6) is 0.273. The zero-order chi connectivity index (χ0) is 26.4. The van der Waals surface area contributed by atoms with Crippen molar-refractivity contribution in [3.63, 3.8) is 0 Å². The van der Waals surface area contributed by atoms with Crippen molar-refractivity contribution in [3.8, 4) is 22.6 Å². The zero-order valence-corrected chi connectivity index (χ0v) is 22.9. The van der Waals surface area contributed by atoms with E-state index in [9.17, 15) is 9.90 Å². The number of carbonyl (C=O) groups is 1. The second-order valence-corrected chi connectivity index (χ2v) is 11.5. The van der Waals surface area contributed by atoms with Gasteiger partial charge in [0.15, 0.2) is 11.5 Å². The number of rotatable bonds is 6. The number of methoxy groups -OCH3 is 1. The van der Waals surface area contributed by atoms with Crippen molar-refractivity contribution in [1.82, 2.24) is 14.8 Å². The molecule has 0 spiro atoms. The molecule has 0 radical (unpaired) electrons. The molecule has 3 aliphatic rings. The van der Waals surface area contributed by atoms with Crippen LogP contribution in [-0.2, 0) is 10.2 Å². The van der Waals surface area contributed by atoms with Crippen molar-refractivity contribution >= 4 is 34.5 Å². The van der Waals surface area contributed by atoms with Crippen LogP contribution in [0, 0.1) is 0 Å². The number of piperidine rings is 1. The fourth-order valence-corrected chi connectivity index (χ4v) is 6.43. The van der Waals surface area contributed by atoms with Gasteiger partial charge >= 0.3 is 0 Å². The second-order valence-electron chi connectivity index (χ2n) is 11.1. The van der Waals surface area contributed by atoms with E-state index in [1.54, 1.807) is 12.1 Å². The fraction of sp³-hybridized carbons (Fsp3) is 0.467. The molecular formula is C30H35ClN4O3. The Labute approximate surface area is 228 Å². The minimum absolute atomic E-state index is 0.0625. The summed E-state index contributed by atoms with van der Waals surface area (Å²) in [6.45, 7) is 6.24. The number of benzene rings is 2. The van der Waals surface area contributed by atoms with Gasteiger partial charge in [-0.25, -0.2) is 0 Å². The minimum Gasteiger partial charge on any atom is -0.503 e. The molecule has 3 heterocycles. The highest BCUT2D eigenvalue weighted by Gasteiger charge is 2.47. The Balaban J connectivity index is 1.39. The van der Waals surface area contributed by atoms with Crippen LogP contribution >= 0.6 is 11.6 Å². The molecule has 1 aliphatic carbocycles. The van der Waals surface area contributed by atoms with E-state index in [1.807, 2.05) is 18.3 Å². The first-order chi connectivity index (χ1) is 18.4. The van der Waals surface area contributed by atoms with E-state index < -0.39 is 5.41 Å². The Hall–Kier alpha value is -2.87. The number of aromatic hydroxyl groups is 1. The highest BCUT2D eigenvalue weighted by atomic mass is 35.5. The lowest BCUT2D eigenvalue weighted by Gasteiger charge is -2.43. The number of hydrogen-bond donors (Lipinski definition) is 1. The first-order valence-electron chi connectivity index (χ1n) is 13.6. The minimum atomic E-state index is -0.428. The number of aldehydes is 1. The summed E-state index contributed by atoms with van der Waals surface area (Å²) in [5, 5.41) is 11.5. The van der Waals surface area contributed by atoms with Gasteiger partial charge in [-0.15, -0.1) is 0 Å². The number of piperazine rings is 1. The SMILES string of the molecule is COc1cc(-c2ccc3ncc(C4(C=O)CC4)c(N4CCN(C5CCN(C)CC5)CC4)c3c2)cc(Cl)c1O. The highest BCUT2D eigenvalue weighted by molar-refractivity contribution is 6.32. The van der Waals surface area contributed by atoms with Crippen LogP contribution in [0.3, 0.4) is 0 Å². The number of halogens is 1. The summed E-state index contributed by atoms with van der Waals surface area (Å²) < 4.78 is 5.35. The maximum absolute atomic E-state index is 12.3. The fourth-order valence-electron chi connectivity index (χ4n) is 6.22. The number of anilines is 1. The summed E-state index contributed by atoms with van der Waals surface area (Å²) in [6, 6.07) is 10.4. The molecule has 1 aromatic heterocycles. The summed E-state index contributed by atoms with van der Waals surface area (Å²) in [7, 11) is 3.73. The number of ether oxygens (including phenoxy) is 1. The highest BCUT2D eigenvalue weighted by Crippen LogP contribution is 2.51. The average Bonchev–Trinajstić information content (AvgIpc) is 3.75. The Morgan fingerprint density at radius 1 is 1.05 bits per heavy atom. The van der Waals surface area contributed by atoms with E-state index in [0.717, 1.165) is 78.6 Å². The molecule has 0 atom stereocenters. The van der Waals surface area contributed by atoms with Crippen molar-refractivity contribution in [2.24, 2.45) is 0 Å². The number of nitrogens with zero attached hydrogens (tertiary/aromatic N) is 4. The van der Waals surface area contributed by atoms with E-state index in [4.69, 9.17) is 21.3 Å². The Bertz CT molecular complexity index is 1360. The Morgan fingerprint density at radius 3 is 2.45 bits per heavy atom. The van der Waals surface area contributed by atoms with Crippen LogP contribution in [0.4, 0.5) is 5.69 Å². The molecule has 38 heavy (non-hydrogen) atoms. The van der Waals surface area contributed by atoms with Gasteiger partial charge in [0.05, 0.1) is 28.8 Å². The van der Waals surface area contributed by atoms with Crippen LogP contribution in [0.2, 0.25) is 5.02 Å². The molecule has 200 valence electrons. The number of hydrogen-bond acceptors (Lipinski definition) is 7. The number of phenols is 1. The number of pyridine rings is 1. The number of phenolic OH excluding ortho intramolecular Hbond substituents is 1. The maximum Gasteiger partial charge on any atom is 0.176 e. The molecule has 1 saturated carbocycles. The third-order valence-electron chi connectivity index (χ3n) is 8.81. The van der Waals surface area contributed by atoms with Gasteiger partial charge < -0.3 is 24.4 Å². The number of likely N-dealkylation sites (tertiary alicyclic amines) is 1. The van der Waals surface area contributed by atoms with E-state index in [0.29, 0.717) is 11.8 Å². The van der Waals surface area contributed by atoms with Gasteiger partial charge in [0.25, 0.3) is 0 Å². The summed E-state index contributed by atoms with van der Waals surface area (Å²) in [4.78, 5) is 24.6. The van der Waals surface area contributed by atoms with Gasteiger partial charge in [0.1, 0.15) is 6.29 Å². The van der Waals surface area contributed by atoms with Gasteiger partial charge in [0.2, 0.25) is 0 Å². The van der Waals surface area contributed by atoms with Crippen molar-refractivity contribution in [3.05, 3.63) is 47.1 Å². The summed E-state index contributed by atoms with van der Waals surface area (Å²) >= 11 is 6.32. The third kappa shape index (κ3) is 4.51. The molecule has 6 rings (SSSR count). The lowest BCUT2D eigenvalue weighted by molar-refractivity contribution is -0.109. The van der Waals surface area contributed by atoms with E-state index in [2.05, 4.69) is 27.8 Å². The van der Waals surface area contributed by atoms with Gasteiger partial charge in [-0.2, -0.15) is 0 Å². The standard InChI is InChI=1S/C30H35ClN4O3/c1-33-9-5-22(6-10-33)34-11-13-35(14-12-34)28-23-15-20(21-16-25(31)29(37)27(17-21)38-2)3-4-26(23)32-18-24(28)30(19-36)7-8-30/h3-4,15-19,22,37H,5-14H2,1-2H3. The topological polar surface area (TPSA) is 69.1 Å². The van der Waals surface area contributed by atoms with Crippen molar-refractivity contribution < 1.29 is 14.6 Å². The quantitative estimate of drug-likeness (QED) is 0.459. The third-order valence-corrected chi connectivity index (χ3v) is 9.09. The van der Waals surface area contributed by atoms with Crippen molar-refractivity contribution in [2.75, 3.05) is 58.3 Å². The largest absolute Gasteiger partial charge is 0.503 e. The van der Waals surface area contributed by atoms with Crippen LogP contribution in [0.15, 0.2) is 36.5 Å². The lowest BCUT2D eigenvalue weighted by atomic mass is 9.92. The monoisotopic (exact) mass is 534 g/mol. The van der Waals surface area contributed by atoms with Crippen molar-refractivity contribution in [2.45, 2.75) is 37.1 Å². The number of aromatic nitrogens is 1. The molecule has 3 aromatic rings. The van der Waals surface area contributed by atoms with Crippen LogP contribution in [0.5, 0.6) is 11.5 Å². The average molecular weight is 535 g/mol. The molecule has 8 heteroatoms. The van der Waals surface area contributed by atoms with Crippen LogP contribution < -0.4 is 9.64 Å². The van der Waals surface area contributed by atoms with Crippen LogP contribution in [-0.4, -0.2) is 85.6 Å². The first-order valence-corrected chi connectivity index (χ1v) is 13.9. The Kier molecular flexibility index (Phi) is 6.70. The van der Waals surface area contributed by atoms with Crippen LogP contribution in [0.1, 0.15) is 31.2 Å². The molecule has 0 amide bonds. The smallest absolute Gasteiger partial charge is 0.176 e. The summed E-state index contributed by atoms with van der Waals surface area (Å²) in [6.07, 6.45) is 7.27. The predicted octanol–water partition coefficient (Wildman–Crippen LogP) is 4.72. The zero-order valence-electron chi connectivity index (χ0n) is 22.1. The number of carbonyl (C=O) groups excluding carboxylic acids is 1. The first kappa shape index (κ1) is 25.4. The summed E-state index contributed by atoms with van der Waals surface area (Å²) in [5.41, 5.74) is 4.48. The van der Waals surface area contributed by atoms with E-state index in [-0.39, 0.29) is 10.8 Å². The molecule has 0 bridgehead atoms. The lowest BCUT2D eigenvalue weighted by Crippen LogP contribution is -2.53. The molecule has 7 nitrogen and oxygen atoms in total. The molecule has 3 fully saturated rings. The molecule has 0 unspecified atom stereocenters. The molecular weight excluding hydrogens is 500 g/mol. The van der Waals surface area contributed by atoms with E-state index in [1.165, 1.54) is 33.0 Å². The van der Waals surface area contributed by atoms with Crippen LogP contribution in [0.25, 0.3) is 22.0 Å². The second kappa shape index (κ2) is 10.0. The van der Waals surface area contributed by atoms with E-state index >= 15 is 0 Å². The van der Waals surface area contributed by atoms with Crippen molar-refractivity contribution in [1.29, 1.82) is 0 Å². The predicted molar refractivity (Wildman–Crippen MR) is 152 cm³/mol. The van der Waals surface area contributed by atoms with Gasteiger partial charge in [-0.05, 0) is 81.2 Å². The normalized spacial score (nSPS) is 20.6. The van der Waals surface area contributed by atoms with Gasteiger partial charge in [0, 0.05) is 49.4 Å². The molecule has 2 saturated heterocycles. The van der Waals surface area contributed by atoms with Gasteiger partial charge in [-0.1, -0.05) is 17.7 Å². The maximum atomic E-state index is 12.3. The molecule has 2 aliphatic heterocycles. The molecule has 2 aromatic carbocycles. The Morgan fingerprint density at radius 2 is 1.79 bits per heavy atom.